The van der Waals surface area contributed by atoms with Gasteiger partial charge in [-0.2, -0.15) is 0 Å². The van der Waals surface area contributed by atoms with E-state index in [1.807, 2.05) is 55.5 Å². The van der Waals surface area contributed by atoms with Crippen molar-refractivity contribution in [2.24, 2.45) is 0 Å². The van der Waals surface area contributed by atoms with Crippen LogP contribution in [0.15, 0.2) is 60.7 Å². The van der Waals surface area contributed by atoms with Crippen molar-refractivity contribution in [2.45, 2.75) is 18.8 Å². The molecule has 1 fully saturated rings. The summed E-state index contributed by atoms with van der Waals surface area (Å²) in [7, 11) is 0. The molecule has 1 saturated heterocycles. The second-order valence-electron chi connectivity index (χ2n) is 4.98. The molecule has 5 heteroatoms. The number of carbonyl (C=O) groups is 2. The Balaban J connectivity index is 0.00000176. The maximum Gasteiger partial charge on any atom is 1.00 e. The third-order valence-corrected chi connectivity index (χ3v) is 3.91. The summed E-state index contributed by atoms with van der Waals surface area (Å²) in [5.74, 6) is -0.683. The second-order valence-corrected chi connectivity index (χ2v) is 4.98. The molecule has 106 valence electrons. The Bertz CT molecular complexity index is 676. The van der Waals surface area contributed by atoms with Gasteiger partial charge in [-0.05, 0) is 24.1 Å². The molecule has 1 heterocycles. The van der Waals surface area contributed by atoms with Crippen molar-refractivity contribution in [3.8, 4) is 0 Å². The van der Waals surface area contributed by atoms with Crippen LogP contribution in [0.5, 0.6) is 0 Å². The SMILES string of the molecule is CCC1(c2ccccc2)C(=O)[N-]N(c2ccccc2)C1=O.[K+]. The van der Waals surface area contributed by atoms with Crippen molar-refractivity contribution >= 4 is 17.5 Å². The zero-order valence-corrected chi connectivity index (χ0v) is 15.8. The molecule has 0 spiro atoms. The third-order valence-electron chi connectivity index (χ3n) is 3.91. The van der Waals surface area contributed by atoms with E-state index in [0.717, 1.165) is 0 Å². The molecule has 2 aromatic rings. The molecule has 0 radical (unpaired) electrons. The molecule has 3 rings (SSSR count). The Hall–Kier alpha value is -0.984. The first-order chi connectivity index (χ1) is 10.2. The van der Waals surface area contributed by atoms with Gasteiger partial charge >= 0.3 is 51.4 Å². The normalized spacial score (nSPS) is 20.5. The molecule has 0 bridgehead atoms. The van der Waals surface area contributed by atoms with Crippen molar-refractivity contribution in [1.29, 1.82) is 0 Å². The maximum absolute atomic E-state index is 12.9. The van der Waals surface area contributed by atoms with E-state index in [2.05, 4.69) is 5.43 Å². The molecule has 0 saturated carbocycles. The summed E-state index contributed by atoms with van der Waals surface area (Å²) in [5, 5.41) is 1.22. The van der Waals surface area contributed by atoms with Crippen LogP contribution in [0.25, 0.3) is 5.43 Å². The molecule has 1 aliphatic rings. The Morgan fingerprint density at radius 1 is 0.955 bits per heavy atom. The van der Waals surface area contributed by atoms with Crippen LogP contribution in [0.3, 0.4) is 0 Å². The number of rotatable bonds is 3. The average Bonchev–Trinajstić information content (AvgIpc) is 2.81. The largest absolute Gasteiger partial charge is 1.00 e. The van der Waals surface area contributed by atoms with Crippen LogP contribution >= 0.6 is 0 Å². The molecule has 1 atom stereocenters. The summed E-state index contributed by atoms with van der Waals surface area (Å²) in [6.45, 7) is 1.84. The van der Waals surface area contributed by atoms with E-state index >= 15 is 0 Å². The average molecular weight is 318 g/mol. The van der Waals surface area contributed by atoms with E-state index in [0.29, 0.717) is 17.7 Å². The van der Waals surface area contributed by atoms with Gasteiger partial charge in [0.15, 0.2) is 0 Å². The molecule has 0 aromatic heterocycles. The second kappa shape index (κ2) is 7.06. The van der Waals surface area contributed by atoms with E-state index in [9.17, 15) is 9.59 Å². The standard InChI is InChI=1S/C17H16N2O2.K/c1-2-17(13-9-5-3-6-10-13)15(20)18-19(16(17)21)14-11-7-4-8-12-14;/h3-12H,2H2,1H3,(H,18,20);/q;+1/p-1. The summed E-state index contributed by atoms with van der Waals surface area (Å²) < 4.78 is 0. The molecule has 1 unspecified atom stereocenters. The fourth-order valence-corrected chi connectivity index (χ4v) is 2.71. The van der Waals surface area contributed by atoms with Crippen molar-refractivity contribution < 1.29 is 61.0 Å². The van der Waals surface area contributed by atoms with E-state index in [4.69, 9.17) is 0 Å². The molecule has 1 aliphatic heterocycles. The summed E-state index contributed by atoms with van der Waals surface area (Å²) in [6.07, 6.45) is 0.390. The van der Waals surface area contributed by atoms with Crippen LogP contribution in [0.4, 0.5) is 5.69 Å². The molecular weight excluding hydrogens is 303 g/mol. The van der Waals surface area contributed by atoms with Crippen molar-refractivity contribution in [1.82, 2.24) is 0 Å². The first-order valence-electron chi connectivity index (χ1n) is 6.91. The molecule has 0 N–H and O–H groups in total. The van der Waals surface area contributed by atoms with Crippen LogP contribution in [-0.4, -0.2) is 11.8 Å². The number of para-hydroxylation sites is 1. The first kappa shape index (κ1) is 17.4. The Morgan fingerprint density at radius 3 is 2.05 bits per heavy atom. The van der Waals surface area contributed by atoms with Crippen LogP contribution in [0.1, 0.15) is 18.9 Å². The Kier molecular flexibility index (Phi) is 5.58. The van der Waals surface area contributed by atoms with Gasteiger partial charge in [-0.25, -0.2) is 0 Å². The third kappa shape index (κ3) is 2.68. The number of amides is 2. The van der Waals surface area contributed by atoms with Gasteiger partial charge in [-0.1, -0.05) is 55.5 Å². The van der Waals surface area contributed by atoms with Crippen LogP contribution in [-0.2, 0) is 15.0 Å². The van der Waals surface area contributed by atoms with Gasteiger partial charge in [-0.3, -0.25) is 4.79 Å². The van der Waals surface area contributed by atoms with Crippen LogP contribution in [0.2, 0.25) is 0 Å². The van der Waals surface area contributed by atoms with Crippen LogP contribution < -0.4 is 56.4 Å². The Labute approximate surface area is 172 Å². The smallest absolute Gasteiger partial charge is 0.556 e. The van der Waals surface area contributed by atoms with E-state index in [1.165, 1.54) is 5.01 Å². The monoisotopic (exact) mass is 318 g/mol. The van der Waals surface area contributed by atoms with Crippen molar-refractivity contribution in [3.63, 3.8) is 0 Å². The van der Waals surface area contributed by atoms with Gasteiger partial charge in [0.2, 0.25) is 5.91 Å². The minimum Gasteiger partial charge on any atom is -0.556 e. The van der Waals surface area contributed by atoms with Crippen LogP contribution in [0, 0.1) is 0 Å². The summed E-state index contributed by atoms with van der Waals surface area (Å²) in [6, 6.07) is 18.2. The number of benzene rings is 2. The van der Waals surface area contributed by atoms with E-state index in [-0.39, 0.29) is 57.3 Å². The summed E-state index contributed by atoms with van der Waals surface area (Å²) >= 11 is 0. The summed E-state index contributed by atoms with van der Waals surface area (Å²) in [4.78, 5) is 25.4. The maximum atomic E-state index is 12.9. The molecule has 2 amide bonds. The number of anilines is 1. The minimum absolute atomic E-state index is 0. The van der Waals surface area contributed by atoms with Crippen molar-refractivity contribution in [3.05, 3.63) is 71.7 Å². The van der Waals surface area contributed by atoms with Gasteiger partial charge in [0.25, 0.3) is 0 Å². The minimum atomic E-state index is -1.20. The van der Waals surface area contributed by atoms with Gasteiger partial charge in [0.05, 0.1) is 5.91 Å². The molecule has 4 nitrogen and oxygen atoms in total. The van der Waals surface area contributed by atoms with Gasteiger partial charge in [0, 0.05) is 5.69 Å². The quantitative estimate of drug-likeness (QED) is 0.600. The topological polar surface area (TPSA) is 51.5 Å². The molecule has 2 aromatic carbocycles. The first-order valence-corrected chi connectivity index (χ1v) is 6.91. The van der Waals surface area contributed by atoms with E-state index < -0.39 is 11.3 Å². The van der Waals surface area contributed by atoms with Gasteiger partial charge in [0.1, 0.15) is 5.41 Å². The zero-order chi connectivity index (χ0) is 14.9. The molecule has 0 aliphatic carbocycles. The predicted molar refractivity (Wildman–Crippen MR) is 80.7 cm³/mol. The number of carbonyl (C=O) groups excluding carboxylic acids is 2. The van der Waals surface area contributed by atoms with E-state index in [1.54, 1.807) is 12.1 Å². The number of hydrogen-bond acceptors (Lipinski definition) is 2. The predicted octanol–water partition coefficient (Wildman–Crippen LogP) is 0.200. The number of hydrogen-bond donors (Lipinski definition) is 0. The molecule has 22 heavy (non-hydrogen) atoms. The number of nitrogens with zero attached hydrogens (tertiary/aromatic N) is 2. The molecular formula is C17H15KN2O2. The van der Waals surface area contributed by atoms with Crippen molar-refractivity contribution in [2.75, 3.05) is 5.01 Å². The fraction of sp³-hybridized carbons (Fsp3) is 0.176. The zero-order valence-electron chi connectivity index (χ0n) is 12.7. The Morgan fingerprint density at radius 2 is 1.50 bits per heavy atom. The van der Waals surface area contributed by atoms with Gasteiger partial charge in [-0.15, -0.1) is 0 Å². The fourth-order valence-electron chi connectivity index (χ4n) is 2.71. The summed E-state index contributed by atoms with van der Waals surface area (Å²) in [5.41, 5.74) is 4.10. The van der Waals surface area contributed by atoms with Gasteiger partial charge < -0.3 is 15.2 Å².